The zero-order valence-electron chi connectivity index (χ0n) is 10.5. The molecule has 1 amide bonds. The highest BCUT2D eigenvalue weighted by atomic mass is 32.1. The lowest BCUT2D eigenvalue weighted by molar-refractivity contribution is 0.100. The van der Waals surface area contributed by atoms with Crippen molar-refractivity contribution in [2.45, 2.75) is 19.9 Å². The van der Waals surface area contributed by atoms with E-state index in [0.717, 1.165) is 11.4 Å². The van der Waals surface area contributed by atoms with Crippen molar-refractivity contribution >= 4 is 28.7 Å². The second kappa shape index (κ2) is 5.66. The maximum Gasteiger partial charge on any atom is 0.250 e. The molecule has 2 aromatic rings. The normalized spacial score (nSPS) is 10.4. The van der Waals surface area contributed by atoms with E-state index in [9.17, 15) is 4.79 Å². The number of amides is 1. The molecule has 0 spiro atoms. The molecule has 0 aliphatic rings. The van der Waals surface area contributed by atoms with Crippen molar-refractivity contribution in [2.75, 3.05) is 11.1 Å². The maximum absolute atomic E-state index is 11.2. The number of aromatic nitrogens is 2. The molecule has 0 radical (unpaired) electrons. The summed E-state index contributed by atoms with van der Waals surface area (Å²) < 4.78 is 0. The van der Waals surface area contributed by atoms with Crippen LogP contribution in [0.4, 0.5) is 11.5 Å². The second-order valence-electron chi connectivity index (χ2n) is 3.95. The molecule has 2 heterocycles. The number of anilines is 2. The highest BCUT2D eigenvalue weighted by Crippen LogP contribution is 2.17. The number of carbonyl (C=O) groups is 1. The summed E-state index contributed by atoms with van der Waals surface area (Å²) in [7, 11) is 0. The van der Waals surface area contributed by atoms with Gasteiger partial charge in [-0.25, -0.2) is 9.97 Å². The Labute approximate surface area is 114 Å². The van der Waals surface area contributed by atoms with Gasteiger partial charge in [-0.1, -0.05) is 6.92 Å². The van der Waals surface area contributed by atoms with Crippen molar-refractivity contribution in [1.29, 1.82) is 0 Å². The first-order valence-electron chi connectivity index (χ1n) is 5.83. The molecule has 2 rings (SSSR count). The van der Waals surface area contributed by atoms with E-state index in [1.165, 1.54) is 11.1 Å². The SMILES string of the molecule is CCc1cnc(CNc2cc(C(N)=O)c(N)cn2)s1. The summed E-state index contributed by atoms with van der Waals surface area (Å²) in [6.07, 6.45) is 4.26. The van der Waals surface area contributed by atoms with Crippen LogP contribution in [0.5, 0.6) is 0 Å². The van der Waals surface area contributed by atoms with E-state index >= 15 is 0 Å². The molecule has 5 N–H and O–H groups in total. The Bertz CT molecular complexity index is 596. The number of aryl methyl sites for hydroxylation is 1. The average Bonchev–Trinajstić information content (AvgIpc) is 2.85. The zero-order valence-corrected chi connectivity index (χ0v) is 11.3. The van der Waals surface area contributed by atoms with Gasteiger partial charge in [0.05, 0.1) is 24.0 Å². The maximum atomic E-state index is 11.2. The molecule has 0 saturated heterocycles. The van der Waals surface area contributed by atoms with Gasteiger partial charge in [0.15, 0.2) is 0 Å². The van der Waals surface area contributed by atoms with Gasteiger partial charge in [0.2, 0.25) is 0 Å². The van der Waals surface area contributed by atoms with Crippen molar-refractivity contribution in [2.24, 2.45) is 5.73 Å². The Morgan fingerprint density at radius 2 is 2.21 bits per heavy atom. The molecule has 0 aliphatic carbocycles. The highest BCUT2D eigenvalue weighted by Gasteiger charge is 2.08. The van der Waals surface area contributed by atoms with Gasteiger partial charge in [-0.05, 0) is 12.5 Å². The first-order valence-corrected chi connectivity index (χ1v) is 6.64. The standard InChI is InChI=1S/C12H15N5OS/c1-2-7-4-17-11(19-7)6-16-10-3-8(12(14)18)9(13)5-15-10/h3-5H,2,6,13H2,1H3,(H2,14,18)(H,15,16). The fourth-order valence-electron chi connectivity index (χ4n) is 1.54. The fourth-order valence-corrected chi connectivity index (χ4v) is 2.34. The van der Waals surface area contributed by atoms with Crippen LogP contribution in [-0.4, -0.2) is 15.9 Å². The van der Waals surface area contributed by atoms with Crippen molar-refractivity contribution in [3.63, 3.8) is 0 Å². The molecule has 7 heteroatoms. The van der Waals surface area contributed by atoms with Gasteiger partial charge in [0.25, 0.3) is 5.91 Å². The number of hydrogen-bond acceptors (Lipinski definition) is 6. The summed E-state index contributed by atoms with van der Waals surface area (Å²) in [5.41, 5.74) is 11.4. The monoisotopic (exact) mass is 277 g/mol. The third-order valence-electron chi connectivity index (χ3n) is 2.57. The van der Waals surface area contributed by atoms with Crippen molar-refractivity contribution in [3.05, 3.63) is 33.9 Å². The summed E-state index contributed by atoms with van der Waals surface area (Å²) in [6, 6.07) is 1.55. The van der Waals surface area contributed by atoms with Gasteiger partial charge in [0, 0.05) is 11.1 Å². The van der Waals surface area contributed by atoms with E-state index in [-0.39, 0.29) is 11.3 Å². The lowest BCUT2D eigenvalue weighted by atomic mass is 10.2. The zero-order chi connectivity index (χ0) is 13.8. The molecule has 19 heavy (non-hydrogen) atoms. The number of pyridine rings is 1. The molecule has 0 aromatic carbocycles. The average molecular weight is 277 g/mol. The fraction of sp³-hybridized carbons (Fsp3) is 0.250. The lowest BCUT2D eigenvalue weighted by Crippen LogP contribution is -2.14. The molecule has 0 bridgehead atoms. The highest BCUT2D eigenvalue weighted by molar-refractivity contribution is 7.11. The van der Waals surface area contributed by atoms with Crippen LogP contribution in [0.2, 0.25) is 0 Å². The van der Waals surface area contributed by atoms with Gasteiger partial charge >= 0.3 is 0 Å². The van der Waals surface area contributed by atoms with Crippen LogP contribution >= 0.6 is 11.3 Å². The van der Waals surface area contributed by atoms with Crippen LogP contribution in [0.1, 0.15) is 27.2 Å². The quantitative estimate of drug-likeness (QED) is 0.765. The third-order valence-corrected chi connectivity index (χ3v) is 3.71. The molecule has 0 aliphatic heterocycles. The van der Waals surface area contributed by atoms with Gasteiger partial charge in [-0.15, -0.1) is 11.3 Å². The van der Waals surface area contributed by atoms with E-state index in [4.69, 9.17) is 11.5 Å². The van der Waals surface area contributed by atoms with Crippen LogP contribution in [-0.2, 0) is 13.0 Å². The molecule has 2 aromatic heterocycles. The summed E-state index contributed by atoms with van der Waals surface area (Å²) >= 11 is 1.65. The summed E-state index contributed by atoms with van der Waals surface area (Å²) in [4.78, 5) is 20.8. The molecule has 100 valence electrons. The molecule has 0 atom stereocenters. The van der Waals surface area contributed by atoms with Gasteiger partial charge < -0.3 is 16.8 Å². The van der Waals surface area contributed by atoms with Crippen LogP contribution in [0.25, 0.3) is 0 Å². The van der Waals surface area contributed by atoms with Crippen LogP contribution in [0, 0.1) is 0 Å². The number of nitrogens with zero attached hydrogens (tertiary/aromatic N) is 2. The van der Waals surface area contributed by atoms with E-state index in [1.54, 1.807) is 17.4 Å². The van der Waals surface area contributed by atoms with Crippen LogP contribution in [0.15, 0.2) is 18.5 Å². The van der Waals surface area contributed by atoms with E-state index in [1.807, 2.05) is 6.20 Å². The first-order chi connectivity index (χ1) is 9.10. The summed E-state index contributed by atoms with van der Waals surface area (Å²) in [5, 5.41) is 4.06. The van der Waals surface area contributed by atoms with E-state index < -0.39 is 5.91 Å². The Morgan fingerprint density at radius 1 is 1.42 bits per heavy atom. The smallest absolute Gasteiger partial charge is 0.250 e. The molecule has 0 unspecified atom stereocenters. The Balaban J connectivity index is 2.07. The predicted molar refractivity (Wildman–Crippen MR) is 76.0 cm³/mol. The van der Waals surface area contributed by atoms with Gasteiger partial charge in [-0.2, -0.15) is 0 Å². The van der Waals surface area contributed by atoms with E-state index in [2.05, 4.69) is 22.2 Å². The topological polar surface area (TPSA) is 107 Å². The largest absolute Gasteiger partial charge is 0.397 e. The third kappa shape index (κ3) is 3.19. The first kappa shape index (κ1) is 13.3. The lowest BCUT2D eigenvalue weighted by Gasteiger charge is -2.06. The number of nitrogen functional groups attached to an aromatic ring is 1. The number of nitrogens with one attached hydrogen (secondary N) is 1. The molecule has 0 fully saturated rings. The number of thiazole rings is 1. The number of carbonyl (C=O) groups excluding carboxylic acids is 1. The van der Waals surface area contributed by atoms with E-state index in [0.29, 0.717) is 12.4 Å². The molecular formula is C12H15N5OS. The Hall–Kier alpha value is -2.15. The van der Waals surface area contributed by atoms with Gasteiger partial charge in [-0.3, -0.25) is 4.79 Å². The number of nitrogens with two attached hydrogens (primary N) is 2. The minimum atomic E-state index is -0.564. The summed E-state index contributed by atoms with van der Waals surface area (Å²) in [6.45, 7) is 2.64. The van der Waals surface area contributed by atoms with Gasteiger partial charge in [0.1, 0.15) is 10.8 Å². The summed E-state index contributed by atoms with van der Waals surface area (Å²) in [5.74, 6) is -0.0123. The number of rotatable bonds is 5. The van der Waals surface area contributed by atoms with Crippen molar-refractivity contribution < 1.29 is 4.79 Å². The van der Waals surface area contributed by atoms with Crippen LogP contribution < -0.4 is 16.8 Å². The molecule has 0 saturated carbocycles. The minimum absolute atomic E-state index is 0.269. The van der Waals surface area contributed by atoms with Crippen molar-refractivity contribution in [3.8, 4) is 0 Å². The Morgan fingerprint density at radius 3 is 2.84 bits per heavy atom. The number of primary amides is 1. The predicted octanol–water partition coefficient (Wildman–Crippen LogP) is 1.39. The van der Waals surface area contributed by atoms with Crippen LogP contribution in [0.3, 0.4) is 0 Å². The Kier molecular flexibility index (Phi) is 3.96. The molecular weight excluding hydrogens is 262 g/mol. The minimum Gasteiger partial charge on any atom is -0.397 e. The van der Waals surface area contributed by atoms with Crippen molar-refractivity contribution in [1.82, 2.24) is 9.97 Å². The number of hydrogen-bond donors (Lipinski definition) is 3. The molecule has 6 nitrogen and oxygen atoms in total. The second-order valence-corrected chi connectivity index (χ2v) is 5.15.